The number of nitrogens with zero attached hydrogens (tertiary/aromatic N) is 2. The topological polar surface area (TPSA) is 92.9 Å². The van der Waals surface area contributed by atoms with Gasteiger partial charge in [0.05, 0.1) is 18.1 Å². The monoisotopic (exact) mass is 308 g/mol. The highest BCUT2D eigenvalue weighted by Gasteiger charge is 2.28. The van der Waals surface area contributed by atoms with Gasteiger partial charge in [-0.25, -0.2) is 0 Å². The third-order valence-corrected chi connectivity index (χ3v) is 4.10. The van der Waals surface area contributed by atoms with Crippen molar-refractivity contribution in [1.29, 1.82) is 0 Å². The summed E-state index contributed by atoms with van der Waals surface area (Å²) in [5.74, 6) is -0.109. The van der Waals surface area contributed by atoms with Crippen LogP contribution in [0.2, 0.25) is 0 Å². The lowest BCUT2D eigenvalue weighted by Gasteiger charge is -2.23. The van der Waals surface area contributed by atoms with E-state index in [4.69, 9.17) is 4.74 Å². The molecule has 1 aliphatic carbocycles. The zero-order valence-electron chi connectivity index (χ0n) is 12.7. The number of ether oxygens (including phenoxy) is 1. The van der Waals surface area contributed by atoms with E-state index in [-0.39, 0.29) is 34.9 Å². The molecule has 1 amide bonds. The fraction of sp³-hybridized carbons (Fsp3) is 0.533. The van der Waals surface area contributed by atoms with Gasteiger partial charge >= 0.3 is 5.69 Å². The van der Waals surface area contributed by atoms with Crippen LogP contribution in [0, 0.1) is 16.0 Å². The minimum Gasteiger partial charge on any atom is -0.490 e. The van der Waals surface area contributed by atoms with E-state index in [1.807, 2.05) is 0 Å². The minimum atomic E-state index is -0.573. The number of hydrogen-bond acceptors (Lipinski definition) is 5. The predicted molar refractivity (Wildman–Crippen MR) is 80.0 cm³/mol. The second-order valence-corrected chi connectivity index (χ2v) is 5.59. The molecule has 1 aromatic rings. The number of benzene rings is 1. The molecular weight excluding hydrogens is 288 g/mol. The molecule has 22 heavy (non-hydrogen) atoms. The van der Waals surface area contributed by atoms with Gasteiger partial charge in [-0.1, -0.05) is 6.42 Å². The maximum absolute atomic E-state index is 12.4. The fourth-order valence-electron chi connectivity index (χ4n) is 2.85. The third-order valence-electron chi connectivity index (χ3n) is 4.10. The van der Waals surface area contributed by atoms with Gasteiger partial charge in [-0.2, -0.15) is 0 Å². The summed E-state index contributed by atoms with van der Waals surface area (Å²) in [6, 6.07) is 4.15. The van der Waals surface area contributed by atoms with Gasteiger partial charge in [-0.05, 0) is 25.0 Å². The highest BCUT2D eigenvalue weighted by Crippen LogP contribution is 2.29. The van der Waals surface area contributed by atoms with Crippen molar-refractivity contribution in [2.24, 2.45) is 5.92 Å². The van der Waals surface area contributed by atoms with Crippen LogP contribution in [-0.4, -0.2) is 47.6 Å². The number of hydrogen-bond donors (Lipinski definition) is 1. The van der Waals surface area contributed by atoms with Gasteiger partial charge in [0, 0.05) is 31.1 Å². The van der Waals surface area contributed by atoms with Gasteiger partial charge in [-0.15, -0.1) is 0 Å². The highest BCUT2D eigenvalue weighted by atomic mass is 16.6. The summed E-state index contributed by atoms with van der Waals surface area (Å²) in [5, 5.41) is 20.8. The Labute approximate surface area is 128 Å². The molecule has 1 saturated carbocycles. The van der Waals surface area contributed by atoms with Crippen LogP contribution in [0.3, 0.4) is 0 Å². The van der Waals surface area contributed by atoms with E-state index >= 15 is 0 Å². The number of methoxy groups -OCH3 is 1. The van der Waals surface area contributed by atoms with Crippen molar-refractivity contribution < 1.29 is 19.6 Å². The number of aliphatic hydroxyl groups is 1. The van der Waals surface area contributed by atoms with Crippen molar-refractivity contribution in [3.05, 3.63) is 33.9 Å². The Morgan fingerprint density at radius 2 is 2.23 bits per heavy atom. The summed E-state index contributed by atoms with van der Waals surface area (Å²) in [5.41, 5.74) is 0.00476. The summed E-state index contributed by atoms with van der Waals surface area (Å²) in [4.78, 5) is 24.3. The Bertz CT molecular complexity index is 575. The predicted octanol–water partition coefficient (Wildman–Crippen LogP) is 1.84. The number of nitro benzene ring substituents is 1. The lowest BCUT2D eigenvalue weighted by Crippen LogP contribution is -2.34. The Balaban J connectivity index is 2.14. The Morgan fingerprint density at radius 3 is 2.77 bits per heavy atom. The van der Waals surface area contributed by atoms with Crippen LogP contribution in [0.5, 0.6) is 5.75 Å². The normalized spacial score (nSPS) is 20.7. The Kier molecular flexibility index (Phi) is 4.97. The van der Waals surface area contributed by atoms with Crippen molar-refractivity contribution in [2.45, 2.75) is 25.4 Å². The summed E-state index contributed by atoms with van der Waals surface area (Å²) in [7, 11) is 2.99. The van der Waals surface area contributed by atoms with Gasteiger partial charge in [0.2, 0.25) is 0 Å². The minimum absolute atomic E-state index is 0.0715. The van der Waals surface area contributed by atoms with Gasteiger partial charge in [0.25, 0.3) is 5.91 Å². The van der Waals surface area contributed by atoms with Crippen molar-refractivity contribution in [2.75, 3.05) is 20.7 Å². The molecule has 120 valence electrons. The van der Waals surface area contributed by atoms with Gasteiger partial charge in [0.15, 0.2) is 5.75 Å². The average molecular weight is 308 g/mol. The van der Waals surface area contributed by atoms with E-state index in [9.17, 15) is 20.0 Å². The molecule has 0 spiro atoms. The van der Waals surface area contributed by atoms with Crippen LogP contribution in [-0.2, 0) is 0 Å². The first-order valence-electron chi connectivity index (χ1n) is 7.20. The smallest absolute Gasteiger partial charge is 0.311 e. The fourth-order valence-corrected chi connectivity index (χ4v) is 2.85. The number of amides is 1. The van der Waals surface area contributed by atoms with Crippen molar-refractivity contribution >= 4 is 11.6 Å². The molecule has 0 radical (unpaired) electrons. The molecule has 0 saturated heterocycles. The number of rotatable bonds is 5. The SMILES string of the molecule is COc1ccc(C(=O)N(C)C[C@@H]2CCC[C@H]2O)cc1[N+](=O)[O-]. The summed E-state index contributed by atoms with van der Waals surface area (Å²) in [6.45, 7) is 0.444. The van der Waals surface area contributed by atoms with Gasteiger partial charge in [-0.3, -0.25) is 14.9 Å². The molecule has 0 aliphatic heterocycles. The average Bonchev–Trinajstić information content (AvgIpc) is 2.90. The lowest BCUT2D eigenvalue weighted by atomic mass is 10.0. The molecule has 0 heterocycles. The molecule has 1 aromatic carbocycles. The first-order chi connectivity index (χ1) is 10.4. The lowest BCUT2D eigenvalue weighted by molar-refractivity contribution is -0.385. The summed E-state index contributed by atoms with van der Waals surface area (Å²) >= 11 is 0. The standard InChI is InChI=1S/C15H20N2O5/c1-16(9-11-4-3-5-13(11)18)15(19)10-6-7-14(22-2)12(8-10)17(20)21/h6-8,11,13,18H,3-5,9H2,1-2H3/t11-,13+/m0/s1. The number of carbonyl (C=O) groups is 1. The van der Waals surface area contributed by atoms with Crippen molar-refractivity contribution in [3.63, 3.8) is 0 Å². The number of nitro groups is 1. The van der Waals surface area contributed by atoms with Crippen molar-refractivity contribution in [3.8, 4) is 5.75 Å². The molecule has 1 N–H and O–H groups in total. The Morgan fingerprint density at radius 1 is 1.50 bits per heavy atom. The first-order valence-corrected chi connectivity index (χ1v) is 7.20. The van der Waals surface area contributed by atoms with Crippen LogP contribution in [0.25, 0.3) is 0 Å². The summed E-state index contributed by atoms with van der Waals surface area (Å²) < 4.78 is 4.92. The Hall–Kier alpha value is -2.15. The molecule has 1 fully saturated rings. The first kappa shape index (κ1) is 16.2. The van der Waals surface area contributed by atoms with E-state index in [0.29, 0.717) is 6.54 Å². The van der Waals surface area contributed by atoms with Crippen LogP contribution >= 0.6 is 0 Å². The molecule has 1 aliphatic rings. The molecule has 2 rings (SSSR count). The van der Waals surface area contributed by atoms with E-state index in [1.54, 1.807) is 7.05 Å². The molecule has 0 aromatic heterocycles. The van der Waals surface area contributed by atoms with Crippen LogP contribution < -0.4 is 4.74 Å². The number of aliphatic hydroxyl groups excluding tert-OH is 1. The van der Waals surface area contributed by atoms with Crippen LogP contribution in [0.4, 0.5) is 5.69 Å². The quantitative estimate of drug-likeness (QED) is 0.661. The molecule has 0 bridgehead atoms. The van der Waals surface area contributed by atoms with Crippen molar-refractivity contribution in [1.82, 2.24) is 4.90 Å². The molecular formula is C15H20N2O5. The van der Waals surface area contributed by atoms with E-state index in [0.717, 1.165) is 19.3 Å². The summed E-state index contributed by atoms with van der Waals surface area (Å²) in [6.07, 6.45) is 2.24. The maximum Gasteiger partial charge on any atom is 0.311 e. The van der Waals surface area contributed by atoms with E-state index in [1.165, 1.54) is 30.2 Å². The zero-order chi connectivity index (χ0) is 16.3. The van der Waals surface area contributed by atoms with Gasteiger partial charge < -0.3 is 14.7 Å². The van der Waals surface area contributed by atoms with Crippen LogP contribution in [0.15, 0.2) is 18.2 Å². The van der Waals surface area contributed by atoms with E-state index in [2.05, 4.69) is 0 Å². The van der Waals surface area contributed by atoms with E-state index < -0.39 is 4.92 Å². The molecule has 2 atom stereocenters. The maximum atomic E-state index is 12.4. The molecule has 7 nitrogen and oxygen atoms in total. The molecule has 7 heteroatoms. The third kappa shape index (κ3) is 3.36. The number of carbonyl (C=O) groups excluding carboxylic acids is 1. The largest absolute Gasteiger partial charge is 0.490 e. The molecule has 0 unspecified atom stereocenters. The van der Waals surface area contributed by atoms with Gasteiger partial charge in [0.1, 0.15) is 0 Å². The second kappa shape index (κ2) is 6.74. The zero-order valence-corrected chi connectivity index (χ0v) is 12.7. The van der Waals surface area contributed by atoms with Crippen LogP contribution in [0.1, 0.15) is 29.6 Å². The highest BCUT2D eigenvalue weighted by molar-refractivity contribution is 5.95. The second-order valence-electron chi connectivity index (χ2n) is 5.59.